The third-order valence-electron chi connectivity index (χ3n) is 3.69. The van der Waals surface area contributed by atoms with Gasteiger partial charge in [-0.2, -0.15) is 0 Å². The van der Waals surface area contributed by atoms with E-state index in [2.05, 4.69) is 9.80 Å². The molecule has 1 aromatic carbocycles. The fourth-order valence-corrected chi connectivity index (χ4v) is 2.86. The first-order valence-electron chi connectivity index (χ1n) is 6.28. The Balaban J connectivity index is 1.68. The van der Waals surface area contributed by atoms with E-state index in [1.807, 2.05) is 18.2 Å². The number of hydrogen-bond donors (Lipinski definition) is 1. The lowest BCUT2D eigenvalue weighted by molar-refractivity contribution is 0.248. The van der Waals surface area contributed by atoms with Gasteiger partial charge in [-0.15, -0.1) is 0 Å². The third kappa shape index (κ3) is 2.35. The van der Waals surface area contributed by atoms with Crippen LogP contribution in [0, 0.1) is 0 Å². The maximum atomic E-state index is 6.24. The average molecular weight is 252 g/mol. The molecule has 2 N–H and O–H groups in total. The highest BCUT2D eigenvalue weighted by molar-refractivity contribution is 6.33. The Bertz CT molecular complexity index is 409. The highest BCUT2D eigenvalue weighted by Gasteiger charge is 2.31. The first-order valence-corrected chi connectivity index (χ1v) is 6.66. The van der Waals surface area contributed by atoms with Crippen molar-refractivity contribution in [3.8, 4) is 0 Å². The van der Waals surface area contributed by atoms with Gasteiger partial charge in [-0.25, -0.2) is 0 Å². The fourth-order valence-electron chi connectivity index (χ4n) is 2.55. The van der Waals surface area contributed by atoms with Crippen LogP contribution in [-0.2, 0) is 0 Å². The summed E-state index contributed by atoms with van der Waals surface area (Å²) in [6.45, 7) is 4.46. The van der Waals surface area contributed by atoms with Crippen LogP contribution in [0.1, 0.15) is 12.8 Å². The number of nitrogens with zero attached hydrogens (tertiary/aromatic N) is 2. The summed E-state index contributed by atoms with van der Waals surface area (Å²) in [5.74, 6) is 0. The minimum Gasteiger partial charge on any atom is -0.399 e. The second kappa shape index (κ2) is 4.39. The number of hydrogen-bond acceptors (Lipinski definition) is 3. The molecule has 2 aliphatic rings. The van der Waals surface area contributed by atoms with Crippen LogP contribution in [0.2, 0.25) is 5.02 Å². The van der Waals surface area contributed by atoms with Crippen molar-refractivity contribution in [2.45, 2.75) is 18.9 Å². The molecule has 4 heteroatoms. The fraction of sp³-hybridized carbons (Fsp3) is 0.538. The number of nitrogens with two attached hydrogens (primary N) is 1. The van der Waals surface area contributed by atoms with E-state index in [1.54, 1.807) is 0 Å². The summed E-state index contributed by atoms with van der Waals surface area (Å²) < 4.78 is 0. The van der Waals surface area contributed by atoms with Crippen LogP contribution in [0.5, 0.6) is 0 Å². The lowest BCUT2D eigenvalue weighted by Crippen LogP contribution is -2.47. The summed E-state index contributed by atoms with van der Waals surface area (Å²) in [4.78, 5) is 4.96. The van der Waals surface area contributed by atoms with Gasteiger partial charge in [0.25, 0.3) is 0 Å². The molecule has 0 bridgehead atoms. The Morgan fingerprint density at radius 1 is 1.12 bits per heavy atom. The topological polar surface area (TPSA) is 32.5 Å². The van der Waals surface area contributed by atoms with Crippen LogP contribution in [0.4, 0.5) is 11.4 Å². The molecule has 0 aromatic heterocycles. The van der Waals surface area contributed by atoms with Gasteiger partial charge in [0.1, 0.15) is 0 Å². The molecule has 0 unspecified atom stereocenters. The molecule has 92 valence electrons. The molecule has 0 amide bonds. The molecule has 17 heavy (non-hydrogen) atoms. The van der Waals surface area contributed by atoms with Crippen LogP contribution in [0.15, 0.2) is 18.2 Å². The number of nitrogen functional groups attached to an aromatic ring is 1. The predicted molar refractivity (Wildman–Crippen MR) is 72.7 cm³/mol. The normalized spacial score (nSPS) is 21.8. The van der Waals surface area contributed by atoms with Gasteiger partial charge >= 0.3 is 0 Å². The van der Waals surface area contributed by atoms with E-state index in [9.17, 15) is 0 Å². The van der Waals surface area contributed by atoms with Gasteiger partial charge in [0.2, 0.25) is 0 Å². The van der Waals surface area contributed by atoms with Gasteiger partial charge in [0.15, 0.2) is 0 Å². The van der Waals surface area contributed by atoms with E-state index in [-0.39, 0.29) is 0 Å². The van der Waals surface area contributed by atoms with E-state index in [0.29, 0.717) is 0 Å². The predicted octanol–water partition coefficient (Wildman–Crippen LogP) is 2.21. The highest BCUT2D eigenvalue weighted by Crippen LogP contribution is 2.31. The van der Waals surface area contributed by atoms with Crippen LogP contribution < -0.4 is 10.6 Å². The molecule has 1 saturated heterocycles. The van der Waals surface area contributed by atoms with Crippen molar-refractivity contribution in [2.75, 3.05) is 36.8 Å². The molecule has 0 atom stereocenters. The first kappa shape index (κ1) is 11.2. The van der Waals surface area contributed by atoms with Crippen molar-refractivity contribution in [3.63, 3.8) is 0 Å². The van der Waals surface area contributed by atoms with E-state index >= 15 is 0 Å². The molecule has 1 saturated carbocycles. The molecule has 1 heterocycles. The minimum atomic E-state index is 0.732. The second-order valence-electron chi connectivity index (χ2n) is 4.97. The Hall–Kier alpha value is -0.930. The molecule has 2 fully saturated rings. The van der Waals surface area contributed by atoms with Crippen molar-refractivity contribution in [2.24, 2.45) is 0 Å². The molecule has 0 radical (unpaired) electrons. The van der Waals surface area contributed by atoms with E-state index in [4.69, 9.17) is 17.3 Å². The monoisotopic (exact) mass is 251 g/mol. The van der Waals surface area contributed by atoms with Gasteiger partial charge < -0.3 is 10.6 Å². The smallest absolute Gasteiger partial charge is 0.0660 e. The molecule has 0 spiro atoms. The average Bonchev–Trinajstić information content (AvgIpc) is 3.13. The summed E-state index contributed by atoms with van der Waals surface area (Å²) in [5, 5.41) is 0.768. The molecular weight excluding hydrogens is 234 g/mol. The van der Waals surface area contributed by atoms with Gasteiger partial charge in [0, 0.05) is 37.9 Å². The maximum Gasteiger partial charge on any atom is 0.0660 e. The number of piperazine rings is 1. The van der Waals surface area contributed by atoms with Crippen molar-refractivity contribution in [1.29, 1.82) is 0 Å². The minimum absolute atomic E-state index is 0.732. The third-order valence-corrected chi connectivity index (χ3v) is 3.99. The second-order valence-corrected chi connectivity index (χ2v) is 5.37. The molecule has 3 rings (SSSR count). The maximum absolute atomic E-state index is 6.24. The summed E-state index contributed by atoms with van der Waals surface area (Å²) in [6.07, 6.45) is 2.78. The molecule has 1 aromatic rings. The number of rotatable bonds is 2. The van der Waals surface area contributed by atoms with Gasteiger partial charge in [-0.05, 0) is 31.0 Å². The van der Waals surface area contributed by atoms with E-state index in [0.717, 1.165) is 48.6 Å². The standard InChI is InChI=1S/C13H18ClN3/c14-12-9-10(15)1-4-13(12)17-7-5-16(6-8-17)11-2-3-11/h1,4,9,11H,2-3,5-8,15H2. The van der Waals surface area contributed by atoms with E-state index < -0.39 is 0 Å². The first-order chi connectivity index (χ1) is 8.24. The summed E-state index contributed by atoms with van der Waals surface area (Å²) in [6, 6.07) is 6.67. The van der Waals surface area contributed by atoms with Crippen molar-refractivity contribution >= 4 is 23.0 Å². The van der Waals surface area contributed by atoms with Crippen molar-refractivity contribution in [3.05, 3.63) is 23.2 Å². The zero-order chi connectivity index (χ0) is 11.8. The zero-order valence-electron chi connectivity index (χ0n) is 9.90. The lowest BCUT2D eigenvalue weighted by atomic mass is 10.2. The van der Waals surface area contributed by atoms with Gasteiger partial charge in [-0.3, -0.25) is 4.90 Å². The largest absolute Gasteiger partial charge is 0.399 e. The van der Waals surface area contributed by atoms with Gasteiger partial charge in [-0.1, -0.05) is 11.6 Å². The van der Waals surface area contributed by atoms with Crippen molar-refractivity contribution in [1.82, 2.24) is 4.90 Å². The van der Waals surface area contributed by atoms with Gasteiger partial charge in [0.05, 0.1) is 10.7 Å². The number of anilines is 2. The Labute approximate surface area is 107 Å². The van der Waals surface area contributed by atoms with Crippen LogP contribution in [0.3, 0.4) is 0 Å². The Morgan fingerprint density at radius 2 is 1.82 bits per heavy atom. The van der Waals surface area contributed by atoms with E-state index in [1.165, 1.54) is 12.8 Å². The van der Waals surface area contributed by atoms with Crippen LogP contribution in [-0.4, -0.2) is 37.1 Å². The highest BCUT2D eigenvalue weighted by atomic mass is 35.5. The lowest BCUT2D eigenvalue weighted by Gasteiger charge is -2.36. The molecule has 1 aliphatic carbocycles. The summed E-state index contributed by atoms with van der Waals surface area (Å²) in [7, 11) is 0. The zero-order valence-corrected chi connectivity index (χ0v) is 10.7. The number of halogens is 1. The summed E-state index contributed by atoms with van der Waals surface area (Å²) >= 11 is 6.24. The SMILES string of the molecule is Nc1ccc(N2CCN(C3CC3)CC2)c(Cl)c1. The Morgan fingerprint density at radius 3 is 2.41 bits per heavy atom. The summed E-state index contributed by atoms with van der Waals surface area (Å²) in [5.41, 5.74) is 7.57. The molecular formula is C13H18ClN3. The Kier molecular flexibility index (Phi) is 2.89. The van der Waals surface area contributed by atoms with Crippen LogP contribution >= 0.6 is 11.6 Å². The van der Waals surface area contributed by atoms with Crippen molar-refractivity contribution < 1.29 is 0 Å². The van der Waals surface area contributed by atoms with Crippen LogP contribution in [0.25, 0.3) is 0 Å². The number of benzene rings is 1. The molecule has 3 nitrogen and oxygen atoms in total. The quantitative estimate of drug-likeness (QED) is 0.818. The molecule has 1 aliphatic heterocycles.